The maximum Gasteiger partial charge on any atom is 0.308 e. The lowest BCUT2D eigenvalue weighted by atomic mass is 9.63. The number of likely N-dealkylation sites (tertiary alicyclic amines) is 1. The number of piperidine rings is 1. The van der Waals surface area contributed by atoms with Gasteiger partial charge >= 0.3 is 5.97 Å². The van der Waals surface area contributed by atoms with Crippen LogP contribution in [0.5, 0.6) is 0 Å². The second-order valence-corrected chi connectivity index (χ2v) is 12.9. The topological polar surface area (TPSA) is 89.4 Å². The number of amides is 1. The molecule has 1 aromatic heterocycles. The van der Waals surface area contributed by atoms with Crippen LogP contribution in [0.2, 0.25) is 5.02 Å². The molecule has 2 heterocycles. The predicted molar refractivity (Wildman–Crippen MR) is 159 cm³/mol. The largest absolute Gasteiger partial charge is 0.466 e. The number of benzene rings is 1. The number of aromatic nitrogens is 3. The van der Waals surface area contributed by atoms with E-state index in [0.717, 1.165) is 63.7 Å². The van der Waals surface area contributed by atoms with Crippen LogP contribution in [0, 0.1) is 17.3 Å². The molecule has 1 saturated heterocycles. The van der Waals surface area contributed by atoms with E-state index >= 15 is 0 Å². The quantitative estimate of drug-likeness (QED) is 0.375. The molecule has 9 heteroatoms. The zero-order valence-electron chi connectivity index (χ0n) is 24.5. The summed E-state index contributed by atoms with van der Waals surface area (Å²) >= 11 is 6.15. The molecular formula is C32H46ClN5O3. The number of nitrogens with zero attached hydrogens (tertiary/aromatic N) is 4. The number of hydrogen-bond donors (Lipinski definition) is 1. The van der Waals surface area contributed by atoms with Crippen LogP contribution in [-0.4, -0.2) is 63.3 Å². The van der Waals surface area contributed by atoms with Gasteiger partial charge in [-0.1, -0.05) is 43.0 Å². The second kappa shape index (κ2) is 14.1. The smallest absolute Gasteiger partial charge is 0.308 e. The Morgan fingerprint density at radius 2 is 1.76 bits per heavy atom. The van der Waals surface area contributed by atoms with Gasteiger partial charge in [0.05, 0.1) is 18.6 Å². The SMILES string of the molecule is CCOC(=O)[C@H]1CC[C@@H](N[C@H](Cc2ccc(Cl)cc2)C(=O)N2CCC(Cn3cncn3)(C3CCCCC3)CC2)CC1. The van der Waals surface area contributed by atoms with Crippen molar-refractivity contribution in [3.05, 3.63) is 47.5 Å². The number of halogens is 1. The Bertz CT molecular complexity index is 1100. The molecule has 2 aliphatic carbocycles. The molecule has 3 fully saturated rings. The van der Waals surface area contributed by atoms with E-state index in [1.807, 2.05) is 42.2 Å². The van der Waals surface area contributed by atoms with Gasteiger partial charge < -0.3 is 15.0 Å². The van der Waals surface area contributed by atoms with Crippen molar-refractivity contribution >= 4 is 23.5 Å². The number of esters is 1. The van der Waals surface area contributed by atoms with E-state index in [4.69, 9.17) is 16.3 Å². The molecule has 0 radical (unpaired) electrons. The number of hydrogen-bond acceptors (Lipinski definition) is 6. The van der Waals surface area contributed by atoms with Gasteiger partial charge in [0.1, 0.15) is 12.7 Å². The van der Waals surface area contributed by atoms with E-state index in [-0.39, 0.29) is 35.3 Å². The molecule has 1 N–H and O–H groups in total. The van der Waals surface area contributed by atoms with Gasteiger partial charge in [-0.2, -0.15) is 5.10 Å². The van der Waals surface area contributed by atoms with E-state index in [0.29, 0.717) is 24.0 Å². The summed E-state index contributed by atoms with van der Waals surface area (Å²) in [7, 11) is 0. The maximum atomic E-state index is 14.1. The summed E-state index contributed by atoms with van der Waals surface area (Å²) in [5, 5.41) is 8.88. The molecule has 1 amide bonds. The molecule has 1 aliphatic heterocycles. The van der Waals surface area contributed by atoms with Gasteiger partial charge in [-0.05, 0) is 93.7 Å². The highest BCUT2D eigenvalue weighted by Gasteiger charge is 2.44. The maximum absolute atomic E-state index is 14.1. The van der Waals surface area contributed by atoms with Gasteiger partial charge in [-0.3, -0.25) is 14.3 Å². The summed E-state index contributed by atoms with van der Waals surface area (Å²) in [6.07, 6.45) is 15.9. The Balaban J connectivity index is 1.26. The Kier molecular flexibility index (Phi) is 10.4. The molecule has 3 aliphatic rings. The highest BCUT2D eigenvalue weighted by molar-refractivity contribution is 6.30. The average Bonchev–Trinajstić information content (AvgIpc) is 3.52. The monoisotopic (exact) mass is 583 g/mol. The highest BCUT2D eigenvalue weighted by atomic mass is 35.5. The fraction of sp³-hybridized carbons (Fsp3) is 0.688. The minimum absolute atomic E-state index is 0.0293. The predicted octanol–water partition coefficient (Wildman–Crippen LogP) is 5.44. The summed E-state index contributed by atoms with van der Waals surface area (Å²) < 4.78 is 7.26. The molecule has 0 spiro atoms. The lowest BCUT2D eigenvalue weighted by Gasteiger charge is -2.48. The molecule has 2 saturated carbocycles. The van der Waals surface area contributed by atoms with Gasteiger partial charge in [0, 0.05) is 30.7 Å². The van der Waals surface area contributed by atoms with Crippen LogP contribution >= 0.6 is 11.6 Å². The Labute approximate surface area is 249 Å². The standard InChI is InChI=1S/C32H46ClN5O3/c1-2-41-31(40)25-10-14-28(15-11-25)36-29(20-24-8-12-27(33)13-9-24)30(39)37-18-16-32(17-19-37,21-38-23-34-22-35-38)26-6-4-3-5-7-26/h8-9,12-13,22-23,25-26,28-29,36H,2-7,10-11,14-21H2,1H3/t25-,28+,29-/m1/s1. The van der Waals surface area contributed by atoms with E-state index in [2.05, 4.69) is 20.3 Å². The number of carbonyl (C=O) groups excluding carboxylic acids is 2. The molecule has 1 aromatic carbocycles. The van der Waals surface area contributed by atoms with Crippen LogP contribution in [0.3, 0.4) is 0 Å². The van der Waals surface area contributed by atoms with Crippen LogP contribution in [0.15, 0.2) is 36.9 Å². The average molecular weight is 584 g/mol. The molecular weight excluding hydrogens is 538 g/mol. The van der Waals surface area contributed by atoms with Crippen molar-refractivity contribution in [3.63, 3.8) is 0 Å². The van der Waals surface area contributed by atoms with Crippen molar-refractivity contribution in [1.82, 2.24) is 25.0 Å². The van der Waals surface area contributed by atoms with E-state index in [1.54, 1.807) is 6.33 Å². The Morgan fingerprint density at radius 1 is 1.05 bits per heavy atom. The third kappa shape index (κ3) is 7.69. The molecule has 0 unspecified atom stereocenters. The van der Waals surface area contributed by atoms with Gasteiger partial charge in [-0.15, -0.1) is 0 Å². The lowest BCUT2D eigenvalue weighted by molar-refractivity contribution is -0.149. The van der Waals surface area contributed by atoms with Crippen LogP contribution < -0.4 is 5.32 Å². The first-order valence-electron chi connectivity index (χ1n) is 15.7. The molecule has 41 heavy (non-hydrogen) atoms. The summed E-state index contributed by atoms with van der Waals surface area (Å²) in [4.78, 5) is 32.7. The summed E-state index contributed by atoms with van der Waals surface area (Å²) in [5.74, 6) is 0.750. The zero-order chi connectivity index (χ0) is 28.7. The Morgan fingerprint density at radius 3 is 2.39 bits per heavy atom. The number of carbonyl (C=O) groups is 2. The first-order chi connectivity index (χ1) is 20.0. The van der Waals surface area contributed by atoms with Crippen molar-refractivity contribution in [2.45, 2.75) is 103 Å². The Hall–Kier alpha value is -2.45. The molecule has 1 atom stereocenters. The molecule has 8 nitrogen and oxygen atoms in total. The third-order valence-electron chi connectivity index (χ3n) is 9.92. The number of ether oxygens (including phenoxy) is 1. The van der Waals surface area contributed by atoms with Gasteiger partial charge in [0.2, 0.25) is 5.91 Å². The zero-order valence-corrected chi connectivity index (χ0v) is 25.2. The summed E-state index contributed by atoms with van der Waals surface area (Å²) in [6.45, 7) is 4.71. The van der Waals surface area contributed by atoms with Gasteiger partial charge in [-0.25, -0.2) is 4.98 Å². The van der Waals surface area contributed by atoms with Crippen LogP contribution in [-0.2, 0) is 27.3 Å². The molecule has 5 rings (SSSR count). The van der Waals surface area contributed by atoms with Crippen molar-refractivity contribution in [3.8, 4) is 0 Å². The minimum atomic E-state index is -0.308. The second-order valence-electron chi connectivity index (χ2n) is 12.5. The lowest BCUT2D eigenvalue weighted by Crippen LogP contribution is -2.55. The van der Waals surface area contributed by atoms with Crippen LogP contribution in [0.1, 0.15) is 83.1 Å². The van der Waals surface area contributed by atoms with E-state index in [9.17, 15) is 9.59 Å². The number of nitrogens with one attached hydrogen (secondary N) is 1. The fourth-order valence-electron chi connectivity index (χ4n) is 7.55. The molecule has 224 valence electrons. The van der Waals surface area contributed by atoms with Crippen LogP contribution in [0.4, 0.5) is 0 Å². The van der Waals surface area contributed by atoms with Crippen molar-refractivity contribution in [2.75, 3.05) is 19.7 Å². The van der Waals surface area contributed by atoms with Crippen molar-refractivity contribution in [1.29, 1.82) is 0 Å². The highest BCUT2D eigenvalue weighted by Crippen LogP contribution is 2.47. The third-order valence-corrected chi connectivity index (χ3v) is 10.2. The van der Waals surface area contributed by atoms with Crippen molar-refractivity contribution in [2.24, 2.45) is 17.3 Å². The first-order valence-corrected chi connectivity index (χ1v) is 16.1. The molecule has 0 bridgehead atoms. The van der Waals surface area contributed by atoms with Crippen LogP contribution in [0.25, 0.3) is 0 Å². The number of rotatable bonds is 10. The van der Waals surface area contributed by atoms with Crippen molar-refractivity contribution < 1.29 is 14.3 Å². The van der Waals surface area contributed by atoms with E-state index in [1.165, 1.54) is 32.1 Å². The van der Waals surface area contributed by atoms with Gasteiger partial charge in [0.15, 0.2) is 0 Å². The normalized spacial score (nSPS) is 24.1. The first kappa shape index (κ1) is 30.0. The summed E-state index contributed by atoms with van der Waals surface area (Å²) in [6, 6.07) is 7.73. The molecule has 2 aromatic rings. The van der Waals surface area contributed by atoms with E-state index < -0.39 is 0 Å². The minimum Gasteiger partial charge on any atom is -0.466 e. The fourth-order valence-corrected chi connectivity index (χ4v) is 7.68. The summed E-state index contributed by atoms with van der Waals surface area (Å²) in [5.41, 5.74) is 1.26. The van der Waals surface area contributed by atoms with Gasteiger partial charge in [0.25, 0.3) is 0 Å².